The number of rotatable bonds is 3. The van der Waals surface area contributed by atoms with Crippen molar-refractivity contribution >= 4 is 22.6 Å². The monoisotopic (exact) mass is 304 g/mol. The zero-order valence-electron chi connectivity index (χ0n) is 12.3. The van der Waals surface area contributed by atoms with Gasteiger partial charge in [-0.1, -0.05) is 0 Å². The molecule has 6 nitrogen and oxygen atoms in total. The highest BCUT2D eigenvalue weighted by Crippen LogP contribution is 2.20. The third kappa shape index (κ3) is 2.99. The van der Waals surface area contributed by atoms with Crippen LogP contribution in [0.1, 0.15) is 6.92 Å². The number of ether oxygens (including phenoxy) is 1. The average molecular weight is 304 g/mol. The van der Waals surface area contributed by atoms with Crippen molar-refractivity contribution in [2.75, 3.05) is 31.6 Å². The van der Waals surface area contributed by atoms with Gasteiger partial charge in [-0.2, -0.15) is 0 Å². The first-order valence-electron chi connectivity index (χ1n) is 7.18. The molecule has 3 rings (SSSR count). The molecule has 1 amide bonds. The number of morpholine rings is 1. The highest BCUT2D eigenvalue weighted by molar-refractivity contribution is 5.91. The zero-order chi connectivity index (χ0) is 15.5. The Morgan fingerprint density at radius 3 is 2.91 bits per heavy atom. The quantitative estimate of drug-likeness (QED) is 0.929. The van der Waals surface area contributed by atoms with Crippen molar-refractivity contribution in [3.8, 4) is 0 Å². The van der Waals surface area contributed by atoms with Crippen molar-refractivity contribution < 1.29 is 13.9 Å². The number of carbonyl (C=O) groups is 1. The maximum absolute atomic E-state index is 13.2. The van der Waals surface area contributed by atoms with E-state index in [1.54, 1.807) is 17.9 Å². The van der Waals surface area contributed by atoms with Gasteiger partial charge < -0.3 is 15.0 Å². The van der Waals surface area contributed by atoms with Gasteiger partial charge in [0.15, 0.2) is 0 Å². The van der Waals surface area contributed by atoms with Crippen LogP contribution < -0.4 is 5.32 Å². The molecular weight excluding hydrogens is 287 g/mol. The van der Waals surface area contributed by atoms with Crippen LogP contribution in [0.5, 0.6) is 0 Å². The molecule has 1 fully saturated rings. The summed E-state index contributed by atoms with van der Waals surface area (Å²) < 4.78 is 18.5. The third-order valence-electron chi connectivity index (χ3n) is 3.64. The van der Waals surface area contributed by atoms with Gasteiger partial charge in [-0.3, -0.25) is 4.79 Å². The summed E-state index contributed by atoms with van der Waals surface area (Å²) in [6.07, 6.45) is 1.36. The fourth-order valence-corrected chi connectivity index (χ4v) is 2.47. The Labute approximate surface area is 127 Å². The number of hydrogen-bond acceptors (Lipinski definition) is 5. The van der Waals surface area contributed by atoms with E-state index in [-0.39, 0.29) is 11.7 Å². The van der Waals surface area contributed by atoms with Crippen LogP contribution in [0.25, 0.3) is 10.9 Å². The predicted octanol–water partition coefficient (Wildman–Crippen LogP) is 1.43. The zero-order valence-corrected chi connectivity index (χ0v) is 12.3. The van der Waals surface area contributed by atoms with Gasteiger partial charge in [-0.25, -0.2) is 14.4 Å². The first kappa shape index (κ1) is 14.6. The van der Waals surface area contributed by atoms with Crippen LogP contribution in [0.3, 0.4) is 0 Å². The highest BCUT2D eigenvalue weighted by atomic mass is 19.1. The Morgan fingerprint density at radius 2 is 2.14 bits per heavy atom. The number of aromatic nitrogens is 2. The van der Waals surface area contributed by atoms with E-state index in [1.807, 2.05) is 0 Å². The van der Waals surface area contributed by atoms with Gasteiger partial charge >= 0.3 is 0 Å². The van der Waals surface area contributed by atoms with Crippen LogP contribution in [0, 0.1) is 5.82 Å². The fourth-order valence-electron chi connectivity index (χ4n) is 2.47. The first-order chi connectivity index (χ1) is 10.6. The molecule has 0 spiro atoms. The van der Waals surface area contributed by atoms with Crippen LogP contribution in [0.15, 0.2) is 24.5 Å². The standard InChI is InChI=1S/C15H17FN4O2/c1-10(15(21)20-4-6-22-7-5-20)19-14-12-3-2-11(16)8-13(12)17-9-18-14/h2-3,8-10H,4-7H2,1H3,(H,17,18,19). The average Bonchev–Trinajstić information content (AvgIpc) is 2.55. The smallest absolute Gasteiger partial charge is 0.244 e. The molecule has 1 aliphatic rings. The fraction of sp³-hybridized carbons (Fsp3) is 0.400. The van der Waals surface area contributed by atoms with Crippen LogP contribution >= 0.6 is 0 Å². The molecular formula is C15H17FN4O2. The summed E-state index contributed by atoms with van der Waals surface area (Å²) in [6, 6.07) is 3.88. The molecule has 2 heterocycles. The molecule has 1 aromatic carbocycles. The molecule has 1 aromatic heterocycles. The number of halogens is 1. The van der Waals surface area contributed by atoms with Gasteiger partial charge in [-0.15, -0.1) is 0 Å². The highest BCUT2D eigenvalue weighted by Gasteiger charge is 2.23. The van der Waals surface area contributed by atoms with Crippen molar-refractivity contribution in [3.63, 3.8) is 0 Å². The Morgan fingerprint density at radius 1 is 1.36 bits per heavy atom. The van der Waals surface area contributed by atoms with Crippen molar-refractivity contribution in [1.29, 1.82) is 0 Å². The minimum atomic E-state index is -0.429. The number of fused-ring (bicyclic) bond motifs is 1. The molecule has 0 saturated carbocycles. The minimum absolute atomic E-state index is 0.00262. The van der Waals surface area contributed by atoms with E-state index in [1.165, 1.54) is 18.5 Å². The van der Waals surface area contributed by atoms with E-state index in [0.29, 0.717) is 43.0 Å². The Balaban J connectivity index is 1.78. The van der Waals surface area contributed by atoms with Gasteiger partial charge in [0, 0.05) is 24.5 Å². The van der Waals surface area contributed by atoms with Gasteiger partial charge in [-0.05, 0) is 19.1 Å². The number of nitrogens with one attached hydrogen (secondary N) is 1. The summed E-state index contributed by atoms with van der Waals surface area (Å²) >= 11 is 0. The first-order valence-corrected chi connectivity index (χ1v) is 7.18. The van der Waals surface area contributed by atoms with Gasteiger partial charge in [0.05, 0.1) is 18.7 Å². The second-order valence-electron chi connectivity index (χ2n) is 5.19. The molecule has 2 aromatic rings. The minimum Gasteiger partial charge on any atom is -0.378 e. The second kappa shape index (κ2) is 6.23. The largest absolute Gasteiger partial charge is 0.378 e. The summed E-state index contributed by atoms with van der Waals surface area (Å²) in [5, 5.41) is 3.78. The van der Waals surface area contributed by atoms with E-state index >= 15 is 0 Å². The second-order valence-corrected chi connectivity index (χ2v) is 5.19. The number of nitrogens with zero attached hydrogens (tertiary/aromatic N) is 3. The molecule has 1 N–H and O–H groups in total. The lowest BCUT2D eigenvalue weighted by atomic mass is 10.2. The number of hydrogen-bond donors (Lipinski definition) is 1. The van der Waals surface area contributed by atoms with Crippen LogP contribution in [-0.4, -0.2) is 53.1 Å². The van der Waals surface area contributed by atoms with E-state index in [4.69, 9.17) is 4.74 Å². The summed E-state index contributed by atoms with van der Waals surface area (Å²) in [7, 11) is 0. The molecule has 1 aliphatic heterocycles. The van der Waals surface area contributed by atoms with E-state index in [9.17, 15) is 9.18 Å². The topological polar surface area (TPSA) is 67.4 Å². The normalized spacial score (nSPS) is 16.5. The van der Waals surface area contributed by atoms with Crippen molar-refractivity contribution in [2.45, 2.75) is 13.0 Å². The summed E-state index contributed by atoms with van der Waals surface area (Å²) in [5.41, 5.74) is 0.503. The molecule has 22 heavy (non-hydrogen) atoms. The Kier molecular flexibility index (Phi) is 4.15. The molecule has 0 radical (unpaired) electrons. The Hall–Kier alpha value is -2.28. The van der Waals surface area contributed by atoms with Crippen LogP contribution in [0.2, 0.25) is 0 Å². The molecule has 0 bridgehead atoms. The predicted molar refractivity (Wildman–Crippen MR) is 80.0 cm³/mol. The number of amides is 1. The lowest BCUT2D eigenvalue weighted by Gasteiger charge is -2.29. The van der Waals surface area contributed by atoms with Crippen LogP contribution in [-0.2, 0) is 9.53 Å². The SMILES string of the molecule is CC(Nc1ncnc2cc(F)ccc12)C(=O)N1CCOCC1. The maximum atomic E-state index is 13.2. The molecule has 1 saturated heterocycles. The molecule has 1 atom stereocenters. The Bertz CT molecular complexity index is 688. The summed E-state index contributed by atoms with van der Waals surface area (Å²) in [6.45, 7) is 4.11. The van der Waals surface area contributed by atoms with Crippen molar-refractivity contribution in [1.82, 2.24) is 14.9 Å². The van der Waals surface area contributed by atoms with Gasteiger partial charge in [0.25, 0.3) is 0 Å². The van der Waals surface area contributed by atoms with E-state index in [2.05, 4.69) is 15.3 Å². The molecule has 116 valence electrons. The lowest BCUT2D eigenvalue weighted by Crippen LogP contribution is -2.47. The molecule has 0 aliphatic carbocycles. The molecule has 7 heteroatoms. The number of carbonyl (C=O) groups excluding carboxylic acids is 1. The lowest BCUT2D eigenvalue weighted by molar-refractivity contribution is -0.135. The summed E-state index contributed by atoms with van der Waals surface area (Å²) in [5.74, 6) is 0.172. The number of benzene rings is 1. The third-order valence-corrected chi connectivity index (χ3v) is 3.64. The number of anilines is 1. The molecule has 1 unspecified atom stereocenters. The van der Waals surface area contributed by atoms with Crippen molar-refractivity contribution in [2.24, 2.45) is 0 Å². The van der Waals surface area contributed by atoms with E-state index < -0.39 is 6.04 Å². The van der Waals surface area contributed by atoms with Crippen LogP contribution in [0.4, 0.5) is 10.2 Å². The van der Waals surface area contributed by atoms with E-state index in [0.717, 1.165) is 0 Å². The van der Waals surface area contributed by atoms with Crippen molar-refractivity contribution in [3.05, 3.63) is 30.3 Å². The maximum Gasteiger partial charge on any atom is 0.244 e. The van der Waals surface area contributed by atoms with Gasteiger partial charge in [0.2, 0.25) is 5.91 Å². The summed E-state index contributed by atoms with van der Waals surface area (Å²) in [4.78, 5) is 22.4. The van der Waals surface area contributed by atoms with Gasteiger partial charge in [0.1, 0.15) is 24.0 Å².